The van der Waals surface area contributed by atoms with Crippen molar-refractivity contribution in [3.05, 3.63) is 18.0 Å². The van der Waals surface area contributed by atoms with E-state index in [9.17, 15) is 0 Å². The van der Waals surface area contributed by atoms with E-state index in [0.29, 0.717) is 22.0 Å². The molecule has 14 heavy (non-hydrogen) atoms. The average Bonchev–Trinajstić information content (AvgIpc) is 2.18. The van der Waals surface area contributed by atoms with Crippen molar-refractivity contribution in [1.82, 2.24) is 9.97 Å². The number of nitrogens with zero attached hydrogens (tertiary/aromatic N) is 3. The van der Waals surface area contributed by atoms with Gasteiger partial charge in [0.25, 0.3) is 0 Å². The second kappa shape index (κ2) is 4.97. The zero-order chi connectivity index (χ0) is 10.6. The summed E-state index contributed by atoms with van der Waals surface area (Å²) in [7, 11) is 0. The Labute approximate surface area is 88.6 Å². The van der Waals surface area contributed by atoms with Crippen molar-refractivity contribution < 1.29 is 0 Å². The van der Waals surface area contributed by atoms with Crippen LogP contribution in [-0.2, 0) is 0 Å². The van der Waals surface area contributed by atoms with Gasteiger partial charge in [-0.05, 0) is 12.0 Å². The Morgan fingerprint density at radius 2 is 2.14 bits per heavy atom. The van der Waals surface area contributed by atoms with Crippen molar-refractivity contribution in [3.63, 3.8) is 0 Å². The summed E-state index contributed by atoms with van der Waals surface area (Å²) in [6.45, 7) is 6.45. The predicted molar refractivity (Wildman–Crippen MR) is 56.9 cm³/mol. The summed E-state index contributed by atoms with van der Waals surface area (Å²) in [6, 6.07) is 3.62. The third kappa shape index (κ3) is 3.00. The first-order valence-corrected chi connectivity index (χ1v) is 5.41. The van der Waals surface area contributed by atoms with Crippen LogP contribution in [-0.4, -0.2) is 15.2 Å². The first-order valence-electron chi connectivity index (χ1n) is 4.53. The molecule has 74 valence electrons. The number of hydrogen-bond donors (Lipinski definition) is 0. The van der Waals surface area contributed by atoms with Gasteiger partial charge in [0, 0.05) is 11.4 Å². The van der Waals surface area contributed by atoms with Crippen LogP contribution in [0.3, 0.4) is 0 Å². The lowest BCUT2D eigenvalue weighted by atomic mass is 10.2. The van der Waals surface area contributed by atoms with Crippen molar-refractivity contribution in [2.75, 3.05) is 0 Å². The van der Waals surface area contributed by atoms with E-state index in [0.717, 1.165) is 0 Å². The summed E-state index contributed by atoms with van der Waals surface area (Å²) < 4.78 is 0. The lowest BCUT2D eigenvalue weighted by Crippen LogP contribution is -2.06. The second-order valence-electron chi connectivity index (χ2n) is 3.40. The third-order valence-corrected chi connectivity index (χ3v) is 3.30. The van der Waals surface area contributed by atoms with E-state index in [4.69, 9.17) is 5.26 Å². The molecule has 4 heteroatoms. The maximum Gasteiger partial charge on any atom is 0.189 e. The third-order valence-electron chi connectivity index (χ3n) is 1.98. The van der Waals surface area contributed by atoms with Gasteiger partial charge in [0.1, 0.15) is 11.8 Å². The van der Waals surface area contributed by atoms with Crippen LogP contribution < -0.4 is 0 Å². The van der Waals surface area contributed by atoms with E-state index in [1.165, 1.54) is 0 Å². The van der Waals surface area contributed by atoms with Crippen molar-refractivity contribution in [1.29, 1.82) is 5.26 Å². The predicted octanol–water partition coefficient (Wildman–Crippen LogP) is 2.48. The zero-order valence-corrected chi connectivity index (χ0v) is 9.38. The van der Waals surface area contributed by atoms with E-state index >= 15 is 0 Å². The summed E-state index contributed by atoms with van der Waals surface area (Å²) in [5, 5.41) is 9.80. The van der Waals surface area contributed by atoms with Crippen molar-refractivity contribution >= 4 is 11.8 Å². The molecular weight excluding hydrogens is 194 g/mol. The standard InChI is InChI=1S/C10H13N3S/c1-7(2)8(3)14-10-12-5-4-9(6-11)13-10/h4-5,7-8H,1-3H3. The number of hydrogen-bond acceptors (Lipinski definition) is 4. The van der Waals surface area contributed by atoms with Crippen LogP contribution >= 0.6 is 11.8 Å². The summed E-state index contributed by atoms with van der Waals surface area (Å²) >= 11 is 1.61. The molecule has 0 N–H and O–H groups in total. The van der Waals surface area contributed by atoms with E-state index in [-0.39, 0.29) is 0 Å². The first kappa shape index (κ1) is 11.0. The molecule has 0 bridgehead atoms. The molecule has 0 aromatic carbocycles. The molecule has 1 aromatic heterocycles. The molecule has 0 aliphatic rings. The fourth-order valence-electron chi connectivity index (χ4n) is 0.762. The molecule has 1 aromatic rings. The molecule has 3 nitrogen and oxygen atoms in total. The van der Waals surface area contributed by atoms with Crippen LogP contribution in [0.25, 0.3) is 0 Å². The molecule has 0 spiro atoms. The Balaban J connectivity index is 2.73. The van der Waals surface area contributed by atoms with Crippen LogP contribution in [0.1, 0.15) is 26.5 Å². The van der Waals surface area contributed by atoms with Crippen molar-refractivity contribution in [3.8, 4) is 6.07 Å². The Kier molecular flexibility index (Phi) is 3.90. The van der Waals surface area contributed by atoms with Crippen molar-refractivity contribution in [2.24, 2.45) is 5.92 Å². The molecule has 0 fully saturated rings. The Bertz CT molecular complexity index is 343. The maximum atomic E-state index is 8.66. The van der Waals surface area contributed by atoms with Crippen LogP contribution in [0.4, 0.5) is 0 Å². The van der Waals surface area contributed by atoms with Gasteiger partial charge in [-0.15, -0.1) is 0 Å². The van der Waals surface area contributed by atoms with E-state index in [1.807, 2.05) is 6.07 Å². The highest BCUT2D eigenvalue weighted by atomic mass is 32.2. The van der Waals surface area contributed by atoms with Crippen LogP contribution in [0.5, 0.6) is 0 Å². The molecule has 0 aliphatic heterocycles. The van der Waals surface area contributed by atoms with Gasteiger partial charge in [-0.3, -0.25) is 0 Å². The van der Waals surface area contributed by atoms with Gasteiger partial charge >= 0.3 is 0 Å². The van der Waals surface area contributed by atoms with E-state index < -0.39 is 0 Å². The molecule has 1 rings (SSSR count). The smallest absolute Gasteiger partial charge is 0.189 e. The summed E-state index contributed by atoms with van der Waals surface area (Å²) in [5.74, 6) is 0.578. The minimum Gasteiger partial charge on any atom is -0.231 e. The molecule has 0 aliphatic carbocycles. The number of rotatable bonds is 3. The fourth-order valence-corrected chi connectivity index (χ4v) is 1.64. The van der Waals surface area contributed by atoms with Gasteiger partial charge in [0.2, 0.25) is 0 Å². The molecule has 1 unspecified atom stereocenters. The highest BCUT2D eigenvalue weighted by molar-refractivity contribution is 7.99. The maximum absolute atomic E-state index is 8.66. The van der Waals surface area contributed by atoms with Gasteiger partial charge < -0.3 is 0 Å². The number of aromatic nitrogens is 2. The van der Waals surface area contributed by atoms with Crippen molar-refractivity contribution in [2.45, 2.75) is 31.2 Å². The first-order chi connectivity index (χ1) is 6.63. The average molecular weight is 207 g/mol. The lowest BCUT2D eigenvalue weighted by Gasteiger charge is -2.12. The van der Waals surface area contributed by atoms with Gasteiger partial charge in [0.05, 0.1) is 0 Å². The lowest BCUT2D eigenvalue weighted by molar-refractivity contribution is 0.640. The molecule has 0 saturated heterocycles. The zero-order valence-electron chi connectivity index (χ0n) is 8.56. The van der Waals surface area contributed by atoms with Gasteiger partial charge in [-0.2, -0.15) is 5.26 Å². The Hall–Kier alpha value is -1.08. The molecule has 1 heterocycles. The summed E-state index contributed by atoms with van der Waals surface area (Å²) in [4.78, 5) is 8.21. The fraction of sp³-hybridized carbons (Fsp3) is 0.500. The van der Waals surface area contributed by atoms with Gasteiger partial charge in [0.15, 0.2) is 5.16 Å². The van der Waals surface area contributed by atoms with Gasteiger partial charge in [-0.1, -0.05) is 32.5 Å². The minimum atomic E-state index is 0.429. The highest BCUT2D eigenvalue weighted by Crippen LogP contribution is 2.24. The van der Waals surface area contributed by atoms with Gasteiger partial charge in [-0.25, -0.2) is 9.97 Å². The van der Waals surface area contributed by atoms with E-state index in [1.54, 1.807) is 24.0 Å². The largest absolute Gasteiger partial charge is 0.231 e. The van der Waals surface area contributed by atoms with Crippen LogP contribution in [0, 0.1) is 17.2 Å². The minimum absolute atomic E-state index is 0.429. The number of thioether (sulfide) groups is 1. The molecule has 0 amide bonds. The normalized spacial score (nSPS) is 12.5. The second-order valence-corrected chi connectivity index (χ2v) is 4.75. The molecule has 1 atom stereocenters. The Morgan fingerprint density at radius 3 is 2.71 bits per heavy atom. The quantitative estimate of drug-likeness (QED) is 0.564. The highest BCUT2D eigenvalue weighted by Gasteiger charge is 2.10. The van der Waals surface area contributed by atoms with E-state index in [2.05, 4.69) is 30.7 Å². The molecule has 0 radical (unpaired) electrons. The van der Waals surface area contributed by atoms with Crippen LogP contribution in [0.2, 0.25) is 0 Å². The summed E-state index contributed by atoms with van der Waals surface area (Å²) in [5.41, 5.74) is 0.429. The monoisotopic (exact) mass is 207 g/mol. The van der Waals surface area contributed by atoms with Crippen LogP contribution in [0.15, 0.2) is 17.4 Å². The molecule has 0 saturated carbocycles. The molecular formula is C10H13N3S. The number of nitriles is 1. The topological polar surface area (TPSA) is 49.6 Å². The summed E-state index contributed by atoms with van der Waals surface area (Å²) in [6.07, 6.45) is 1.63. The SMILES string of the molecule is CC(C)C(C)Sc1nccc(C#N)n1. The Morgan fingerprint density at radius 1 is 1.43 bits per heavy atom.